The van der Waals surface area contributed by atoms with Crippen LogP contribution in [0.1, 0.15) is 42.8 Å². The molecule has 1 aliphatic rings. The lowest BCUT2D eigenvalue weighted by Gasteiger charge is -2.35. The van der Waals surface area contributed by atoms with Crippen LogP contribution in [0.15, 0.2) is 35.3 Å². The second kappa shape index (κ2) is 13.2. The maximum absolute atomic E-state index is 5.83. The van der Waals surface area contributed by atoms with Crippen LogP contribution in [0.2, 0.25) is 0 Å². The minimum absolute atomic E-state index is 0. The first-order chi connectivity index (χ1) is 14.9. The van der Waals surface area contributed by atoms with Crippen molar-refractivity contribution in [1.82, 2.24) is 25.3 Å². The molecule has 0 bridgehead atoms. The lowest BCUT2D eigenvalue weighted by molar-refractivity contribution is -0.0704. The molecule has 1 aromatic heterocycles. The topological polar surface area (TPSA) is 66.7 Å². The van der Waals surface area contributed by atoms with Crippen LogP contribution in [0, 0.1) is 13.8 Å². The Bertz CT molecular complexity index is 841. The van der Waals surface area contributed by atoms with Gasteiger partial charge >= 0.3 is 0 Å². The summed E-state index contributed by atoms with van der Waals surface area (Å²) in [6.45, 7) is 13.9. The van der Waals surface area contributed by atoms with Crippen molar-refractivity contribution in [2.75, 3.05) is 26.7 Å². The number of aliphatic imine (C=N–C) groups is 1. The largest absolute Gasteiger partial charge is 0.373 e. The van der Waals surface area contributed by atoms with E-state index in [1.54, 1.807) is 0 Å². The van der Waals surface area contributed by atoms with E-state index in [4.69, 9.17) is 4.74 Å². The molecule has 8 heteroatoms. The second-order valence-corrected chi connectivity index (χ2v) is 8.62. The van der Waals surface area contributed by atoms with Crippen LogP contribution < -0.4 is 10.6 Å². The van der Waals surface area contributed by atoms with E-state index in [-0.39, 0.29) is 24.0 Å². The number of guanidine groups is 1. The summed E-state index contributed by atoms with van der Waals surface area (Å²) in [5.41, 5.74) is 4.87. The van der Waals surface area contributed by atoms with Gasteiger partial charge < -0.3 is 15.4 Å². The number of benzene rings is 1. The van der Waals surface area contributed by atoms with Gasteiger partial charge in [0.2, 0.25) is 0 Å². The van der Waals surface area contributed by atoms with Crippen molar-refractivity contribution in [1.29, 1.82) is 0 Å². The van der Waals surface area contributed by atoms with Crippen molar-refractivity contribution in [3.8, 4) is 0 Å². The van der Waals surface area contributed by atoms with Crippen molar-refractivity contribution < 1.29 is 4.74 Å². The summed E-state index contributed by atoms with van der Waals surface area (Å²) in [4.78, 5) is 6.81. The Labute approximate surface area is 210 Å². The number of hydrogen-bond donors (Lipinski definition) is 2. The van der Waals surface area contributed by atoms with E-state index in [9.17, 15) is 0 Å². The summed E-state index contributed by atoms with van der Waals surface area (Å²) in [5, 5.41) is 11.3. The molecule has 2 heterocycles. The van der Waals surface area contributed by atoms with Crippen molar-refractivity contribution in [2.45, 2.75) is 66.0 Å². The van der Waals surface area contributed by atoms with Crippen LogP contribution in [0.3, 0.4) is 0 Å². The van der Waals surface area contributed by atoms with Crippen molar-refractivity contribution in [3.63, 3.8) is 0 Å². The first kappa shape index (κ1) is 26.6. The van der Waals surface area contributed by atoms with Gasteiger partial charge in [-0.1, -0.05) is 24.3 Å². The van der Waals surface area contributed by atoms with Crippen molar-refractivity contribution in [3.05, 3.63) is 52.8 Å². The average Bonchev–Trinajstić information content (AvgIpc) is 3.04. The number of nitrogens with one attached hydrogen (secondary N) is 2. The van der Waals surface area contributed by atoms with Crippen LogP contribution in [0.25, 0.3) is 0 Å². The van der Waals surface area contributed by atoms with Gasteiger partial charge in [-0.05, 0) is 51.3 Å². The number of nitrogens with zero attached hydrogens (tertiary/aromatic N) is 4. The van der Waals surface area contributed by atoms with E-state index in [1.807, 2.05) is 14.0 Å². The fourth-order valence-corrected chi connectivity index (χ4v) is 4.18. The molecular formula is C24H39IN6O. The monoisotopic (exact) mass is 554 g/mol. The predicted octanol–water partition coefficient (Wildman–Crippen LogP) is 3.48. The van der Waals surface area contributed by atoms with E-state index in [0.29, 0.717) is 12.2 Å². The zero-order chi connectivity index (χ0) is 22.2. The molecule has 3 rings (SSSR count). The summed E-state index contributed by atoms with van der Waals surface area (Å²) in [7, 11) is 1.81. The SMILES string of the molecule is CN=C(NCCCn1nc(C)cc1C)NCc1ccc(CN2CC(C)OC(C)C2)cc1.I. The Morgan fingerprint density at radius 1 is 1.09 bits per heavy atom. The fraction of sp³-hybridized carbons (Fsp3) is 0.583. The Hall–Kier alpha value is -1.65. The van der Waals surface area contributed by atoms with Gasteiger partial charge in [0.25, 0.3) is 0 Å². The number of ether oxygens (including phenoxy) is 1. The third-order valence-electron chi connectivity index (χ3n) is 5.55. The van der Waals surface area contributed by atoms with Gasteiger partial charge in [0.1, 0.15) is 0 Å². The van der Waals surface area contributed by atoms with E-state index in [1.165, 1.54) is 16.8 Å². The lowest BCUT2D eigenvalue weighted by Crippen LogP contribution is -2.44. The molecule has 1 saturated heterocycles. The number of hydrogen-bond acceptors (Lipinski definition) is 4. The van der Waals surface area contributed by atoms with Crippen LogP contribution in [0.5, 0.6) is 0 Å². The summed E-state index contributed by atoms with van der Waals surface area (Å²) < 4.78 is 7.89. The summed E-state index contributed by atoms with van der Waals surface area (Å²) in [5.74, 6) is 0.828. The standard InChI is InChI=1S/C24H38N6O.HI/c1-18-13-19(2)30(28-18)12-6-11-26-24(25-5)27-14-22-7-9-23(10-8-22)17-29-15-20(3)31-21(4)16-29;/h7-10,13,20-21H,6,11-12,14-17H2,1-5H3,(H2,25,26,27);1H. The molecule has 178 valence electrons. The molecule has 1 fully saturated rings. The quantitative estimate of drug-likeness (QED) is 0.227. The molecule has 0 saturated carbocycles. The molecule has 0 spiro atoms. The van der Waals surface area contributed by atoms with Gasteiger partial charge in [-0.2, -0.15) is 5.10 Å². The molecule has 2 aromatic rings. The van der Waals surface area contributed by atoms with E-state index in [0.717, 1.165) is 57.3 Å². The molecule has 7 nitrogen and oxygen atoms in total. The predicted molar refractivity (Wildman–Crippen MR) is 142 cm³/mol. The van der Waals surface area contributed by atoms with Crippen LogP contribution in [0.4, 0.5) is 0 Å². The van der Waals surface area contributed by atoms with Crippen molar-refractivity contribution in [2.24, 2.45) is 4.99 Å². The Morgan fingerprint density at radius 3 is 2.34 bits per heavy atom. The van der Waals surface area contributed by atoms with E-state index in [2.05, 4.69) is 81.4 Å². The third kappa shape index (κ3) is 8.37. The maximum atomic E-state index is 5.83. The van der Waals surface area contributed by atoms with Crippen LogP contribution in [-0.2, 0) is 24.4 Å². The van der Waals surface area contributed by atoms with Gasteiger partial charge in [-0.15, -0.1) is 24.0 Å². The minimum Gasteiger partial charge on any atom is -0.373 e. The molecule has 2 unspecified atom stereocenters. The zero-order valence-corrected chi connectivity index (χ0v) is 22.4. The van der Waals surface area contributed by atoms with Gasteiger partial charge in [0.15, 0.2) is 5.96 Å². The highest BCUT2D eigenvalue weighted by Crippen LogP contribution is 2.14. The Balaban J connectivity index is 0.00000363. The molecular weight excluding hydrogens is 515 g/mol. The maximum Gasteiger partial charge on any atom is 0.191 e. The molecule has 0 amide bonds. The fourth-order valence-electron chi connectivity index (χ4n) is 4.18. The van der Waals surface area contributed by atoms with Gasteiger partial charge in [-0.3, -0.25) is 14.6 Å². The van der Waals surface area contributed by atoms with Crippen molar-refractivity contribution >= 4 is 29.9 Å². The first-order valence-electron chi connectivity index (χ1n) is 11.3. The second-order valence-electron chi connectivity index (χ2n) is 8.62. The molecule has 1 aliphatic heterocycles. The number of rotatable bonds is 8. The summed E-state index contributed by atoms with van der Waals surface area (Å²) >= 11 is 0. The van der Waals surface area contributed by atoms with Gasteiger partial charge in [-0.25, -0.2) is 0 Å². The third-order valence-corrected chi connectivity index (χ3v) is 5.55. The molecule has 0 radical (unpaired) electrons. The molecule has 0 aliphatic carbocycles. The van der Waals surface area contributed by atoms with Gasteiger partial charge in [0, 0.05) is 52.0 Å². The number of aromatic nitrogens is 2. The normalized spacial score (nSPS) is 19.5. The van der Waals surface area contributed by atoms with E-state index < -0.39 is 0 Å². The zero-order valence-electron chi connectivity index (χ0n) is 20.1. The van der Waals surface area contributed by atoms with Gasteiger partial charge in [0.05, 0.1) is 17.9 Å². The smallest absolute Gasteiger partial charge is 0.191 e. The molecule has 1 aromatic carbocycles. The number of halogens is 1. The highest BCUT2D eigenvalue weighted by Gasteiger charge is 2.21. The number of aryl methyl sites for hydroxylation is 3. The summed E-state index contributed by atoms with van der Waals surface area (Å²) in [6.07, 6.45) is 1.61. The molecule has 2 N–H and O–H groups in total. The highest BCUT2D eigenvalue weighted by atomic mass is 127. The lowest BCUT2D eigenvalue weighted by atomic mass is 10.1. The average molecular weight is 555 g/mol. The first-order valence-corrected chi connectivity index (χ1v) is 11.3. The summed E-state index contributed by atoms with van der Waals surface area (Å²) in [6, 6.07) is 11.0. The molecule has 32 heavy (non-hydrogen) atoms. The van der Waals surface area contributed by atoms with Crippen LogP contribution >= 0.6 is 24.0 Å². The Morgan fingerprint density at radius 2 is 1.75 bits per heavy atom. The van der Waals surface area contributed by atoms with Crippen LogP contribution in [-0.4, -0.2) is 59.5 Å². The molecule has 2 atom stereocenters. The van der Waals surface area contributed by atoms with E-state index >= 15 is 0 Å². The minimum atomic E-state index is 0. The Kier molecular flexibility index (Phi) is 10.9. The highest BCUT2D eigenvalue weighted by molar-refractivity contribution is 14.0. The number of morpholine rings is 1.